The third kappa shape index (κ3) is 6.75. The van der Waals surface area contributed by atoms with Crippen molar-refractivity contribution in [3.05, 3.63) is 27.6 Å². The van der Waals surface area contributed by atoms with Crippen LogP contribution in [-0.2, 0) is 14.4 Å². The van der Waals surface area contributed by atoms with E-state index in [1.54, 1.807) is 21.6 Å². The zero-order valence-electron chi connectivity index (χ0n) is 21.5. The molecule has 1 aromatic heterocycles. The number of hydrogen-bond donors (Lipinski definition) is 5. The van der Waals surface area contributed by atoms with E-state index in [2.05, 4.69) is 20.7 Å². The Hall–Kier alpha value is -2.98. The molecule has 3 aliphatic heterocycles. The second-order valence-electron chi connectivity index (χ2n) is 8.28. The number of amides is 2. The van der Waals surface area contributed by atoms with Gasteiger partial charge in [0.15, 0.2) is 17.1 Å². The number of quaternary nitrogens is 1. The van der Waals surface area contributed by atoms with E-state index in [1.807, 2.05) is 6.92 Å². The van der Waals surface area contributed by atoms with Crippen LogP contribution in [0.25, 0.3) is 0 Å². The van der Waals surface area contributed by atoms with Gasteiger partial charge in [-0.15, -0.1) is 28.6 Å². The lowest BCUT2D eigenvalue weighted by molar-refractivity contribution is -0.301. The first-order chi connectivity index (χ1) is 19.6. The van der Waals surface area contributed by atoms with Crippen molar-refractivity contribution in [1.82, 2.24) is 29.4 Å². The van der Waals surface area contributed by atoms with Gasteiger partial charge < -0.3 is 32.3 Å². The highest BCUT2D eigenvalue weighted by molar-refractivity contribution is 8.23. The molecule has 1 unspecified atom stereocenters. The molecule has 222 valence electrons. The van der Waals surface area contributed by atoms with E-state index in [1.165, 1.54) is 69.5 Å². The number of aliphatic carboxylic acids is 1. The second kappa shape index (κ2) is 13.3. The van der Waals surface area contributed by atoms with E-state index >= 15 is 0 Å². The number of nitrogens with one attached hydrogen (secondary N) is 1. The minimum atomic E-state index is -1.39. The van der Waals surface area contributed by atoms with Gasteiger partial charge in [-0.05, 0) is 17.1 Å². The van der Waals surface area contributed by atoms with Crippen LogP contribution in [0.1, 0.15) is 6.92 Å². The monoisotopic (exact) mass is 661 g/mol. The second-order valence-corrected chi connectivity index (χ2v) is 14.0. The molecule has 1 aromatic rings. The Bertz CT molecular complexity index is 1300. The first-order valence-corrected chi connectivity index (χ1v) is 16.6. The first kappa shape index (κ1) is 31.0. The molecule has 1 fully saturated rings. The number of nitrogens with zero attached hydrogens (tertiary/aromatic N) is 7. The van der Waals surface area contributed by atoms with E-state index in [0.29, 0.717) is 40.5 Å². The summed E-state index contributed by atoms with van der Waals surface area (Å²) in [7, 11) is 0. The molecule has 2 amide bonds. The average Bonchev–Trinajstić information content (AvgIpc) is 3.52. The molecule has 0 radical (unpaired) electrons. The Morgan fingerprint density at radius 2 is 2.22 bits per heavy atom. The van der Waals surface area contributed by atoms with Crippen molar-refractivity contribution in [1.29, 1.82) is 0 Å². The minimum Gasteiger partial charge on any atom is -0.543 e. The van der Waals surface area contributed by atoms with Crippen LogP contribution in [0.4, 0.5) is 10.9 Å². The maximum atomic E-state index is 13.0. The summed E-state index contributed by atoms with van der Waals surface area (Å²) in [5.41, 5.74) is 19.6. The Morgan fingerprint density at radius 3 is 2.85 bits per heavy atom. The number of β-lactam (4-membered cyclic amide) rings is 1. The van der Waals surface area contributed by atoms with Gasteiger partial charge in [0.1, 0.15) is 27.0 Å². The molecule has 0 aliphatic carbocycles. The average molecular weight is 662 g/mol. The van der Waals surface area contributed by atoms with Crippen LogP contribution >= 0.6 is 58.6 Å². The number of hydrogen-bond acceptors (Lipinski definition) is 16. The molecule has 0 spiro atoms. The summed E-state index contributed by atoms with van der Waals surface area (Å²) in [6.45, 7) is 3.08. The van der Waals surface area contributed by atoms with Gasteiger partial charge in [0, 0.05) is 24.6 Å². The van der Waals surface area contributed by atoms with Gasteiger partial charge in [0.2, 0.25) is 11.9 Å². The molecule has 0 aromatic carbocycles. The van der Waals surface area contributed by atoms with Crippen LogP contribution in [0.15, 0.2) is 37.8 Å². The molecule has 3 aliphatic rings. The van der Waals surface area contributed by atoms with Gasteiger partial charge in [0.25, 0.3) is 0 Å². The third-order valence-corrected chi connectivity index (χ3v) is 11.2. The predicted octanol–water partition coefficient (Wildman–Crippen LogP) is -0.947. The molecule has 16 nitrogen and oxygen atoms in total. The number of nitrogen functional groups attached to an aromatic ring is 1. The van der Waals surface area contributed by atoms with E-state index in [4.69, 9.17) is 22.4 Å². The molecule has 1 saturated heterocycles. The fourth-order valence-electron chi connectivity index (χ4n) is 3.92. The van der Waals surface area contributed by atoms with Crippen molar-refractivity contribution in [2.45, 2.75) is 17.5 Å². The third-order valence-electron chi connectivity index (χ3n) is 5.68. The summed E-state index contributed by atoms with van der Waals surface area (Å²) >= 11 is 6.62. The van der Waals surface area contributed by atoms with Crippen molar-refractivity contribution in [3.8, 4) is 0 Å². The molecule has 3 atom stereocenters. The van der Waals surface area contributed by atoms with Crippen LogP contribution in [0, 0.1) is 0 Å². The smallest absolute Gasteiger partial charge is 0.314 e. The number of rotatable bonds is 13. The fourth-order valence-corrected chi connectivity index (χ4v) is 9.70. The highest BCUT2D eigenvalue weighted by Gasteiger charge is 2.55. The lowest BCUT2D eigenvalue weighted by Crippen LogP contribution is -2.64. The van der Waals surface area contributed by atoms with E-state index in [0.717, 1.165) is 6.21 Å². The maximum Gasteiger partial charge on any atom is 0.314 e. The number of aromatic nitrogens is 1. The standard InChI is InChI=1S/C20H27N11O5S5/c1-2-28(26-19(21)22)4-6-37-10-29-8-14(40-15-16(33)30-11(18(34)35)3-5-38-17(15)30)41-31(29,27-13(32)7-24-36)12-9-39-20(23)25-12/h3,7-9,15,17H,2,4-6,10H2,1H3,(H8-,21,22,23,25,26,27,32,34,35,36)/t15-,17+,31?/m1/s1. The molecule has 21 heteroatoms. The summed E-state index contributed by atoms with van der Waals surface area (Å²) < 4.78 is 0.281. The van der Waals surface area contributed by atoms with Gasteiger partial charge >= 0.3 is 11.7 Å². The number of nitrogens with two attached hydrogens (primary N) is 3. The van der Waals surface area contributed by atoms with Gasteiger partial charge in [-0.25, -0.2) is 0 Å². The maximum absolute atomic E-state index is 13.0. The molecule has 4 rings (SSSR count). The number of carboxylic acid groups (broad SMARTS) is 1. The van der Waals surface area contributed by atoms with Crippen molar-refractivity contribution in [2.24, 2.45) is 21.7 Å². The van der Waals surface area contributed by atoms with Gasteiger partial charge in [-0.2, -0.15) is 15.4 Å². The number of carbonyl (C=O) groups is 3. The number of guanidine groups is 1. The van der Waals surface area contributed by atoms with Crippen LogP contribution in [0.3, 0.4) is 0 Å². The number of oxime groups is 1. The zero-order chi connectivity index (χ0) is 29.7. The van der Waals surface area contributed by atoms with Gasteiger partial charge in [-0.1, -0.05) is 28.3 Å². The molecule has 0 bridgehead atoms. The number of anilines is 1. The quantitative estimate of drug-likeness (QED) is 0.0251. The lowest BCUT2D eigenvalue weighted by Gasteiger charge is -2.49. The summed E-state index contributed by atoms with van der Waals surface area (Å²) in [5, 5.41) is 31.9. The topological polar surface area (TPSA) is 232 Å². The Balaban J connectivity index is 1.57. The summed E-state index contributed by atoms with van der Waals surface area (Å²) in [4.78, 5) is 42.8. The summed E-state index contributed by atoms with van der Waals surface area (Å²) in [6.07, 6.45) is 3.99. The highest BCUT2D eigenvalue weighted by Crippen LogP contribution is 2.53. The number of carboxylic acids is 1. The molecular weight excluding hydrogens is 635 g/mol. The number of carbonyl (C=O) groups excluding carboxylic acids is 3. The number of hydrazone groups is 1. The highest BCUT2D eigenvalue weighted by atomic mass is 32.2. The number of thiazole rings is 1. The SMILES string of the molecule is CCN(CCSCN1C=C(S[C@@H]2C(=O)N3C(C(=O)[O-])=CCS[C@@H]23)S[N+]1(NC(=O)C=NO)c1csc(N)n1)N=C(N)N. The summed E-state index contributed by atoms with van der Waals surface area (Å²) in [6, 6.07) is 0. The largest absolute Gasteiger partial charge is 0.543 e. The van der Waals surface area contributed by atoms with Crippen LogP contribution in [-0.4, -0.2) is 96.2 Å². The molecule has 8 N–H and O–H groups in total. The first-order valence-electron chi connectivity index (χ1n) is 11.8. The predicted molar refractivity (Wildman–Crippen MR) is 162 cm³/mol. The fraction of sp³-hybridized carbons (Fsp3) is 0.400. The van der Waals surface area contributed by atoms with Crippen molar-refractivity contribution < 1.29 is 24.7 Å². The normalized spacial score (nSPS) is 23.5. The minimum absolute atomic E-state index is 0.0371. The van der Waals surface area contributed by atoms with E-state index in [9.17, 15) is 19.5 Å². The van der Waals surface area contributed by atoms with Crippen LogP contribution in [0.2, 0.25) is 0 Å². The van der Waals surface area contributed by atoms with Gasteiger partial charge in [0.05, 0.1) is 23.2 Å². The number of fused-ring (bicyclic) bond motifs is 1. The van der Waals surface area contributed by atoms with E-state index < -0.39 is 17.1 Å². The number of thioether (sulfide) groups is 3. The van der Waals surface area contributed by atoms with Crippen LogP contribution in [0.5, 0.6) is 0 Å². The Labute approximate surface area is 255 Å². The Morgan fingerprint density at radius 1 is 1.44 bits per heavy atom. The molecule has 4 heterocycles. The van der Waals surface area contributed by atoms with E-state index in [-0.39, 0.29) is 32.2 Å². The molecule has 41 heavy (non-hydrogen) atoms. The van der Waals surface area contributed by atoms with Gasteiger partial charge in [-0.3, -0.25) is 19.5 Å². The lowest BCUT2D eigenvalue weighted by atomic mass is 10.1. The Kier molecular flexibility index (Phi) is 10.1. The van der Waals surface area contributed by atoms with Crippen LogP contribution < -0.4 is 31.8 Å². The van der Waals surface area contributed by atoms with Crippen molar-refractivity contribution >= 4 is 99.5 Å². The molecule has 0 saturated carbocycles. The van der Waals surface area contributed by atoms with Crippen molar-refractivity contribution in [3.63, 3.8) is 0 Å². The zero-order valence-corrected chi connectivity index (χ0v) is 25.6. The van der Waals surface area contributed by atoms with Crippen molar-refractivity contribution in [2.75, 3.05) is 36.2 Å². The molecular formula is C20H27N11O5S5. The summed E-state index contributed by atoms with van der Waals surface area (Å²) in [5.74, 6) is -0.678.